The average Bonchev–Trinajstić information content (AvgIpc) is 2.03. The van der Waals surface area contributed by atoms with Gasteiger partial charge in [-0.3, -0.25) is 0 Å². The third kappa shape index (κ3) is 5.42. The van der Waals surface area contributed by atoms with Gasteiger partial charge in [0.2, 0.25) is 0 Å². The van der Waals surface area contributed by atoms with Gasteiger partial charge >= 0.3 is 0 Å². The van der Waals surface area contributed by atoms with Crippen molar-refractivity contribution in [1.82, 2.24) is 5.32 Å². The largest absolute Gasteiger partial charge is 0.376 e. The highest BCUT2D eigenvalue weighted by atomic mass is 32.1. The van der Waals surface area contributed by atoms with E-state index >= 15 is 0 Å². The molecular formula is C10H18N2S. The second kappa shape index (κ2) is 6.66. The van der Waals surface area contributed by atoms with E-state index in [0.29, 0.717) is 5.11 Å². The molecule has 3 N–H and O–H groups in total. The Balaban J connectivity index is 4.51. The van der Waals surface area contributed by atoms with Crippen LogP contribution in [0.4, 0.5) is 0 Å². The van der Waals surface area contributed by atoms with Crippen molar-refractivity contribution in [2.75, 3.05) is 0 Å². The third-order valence-electron chi connectivity index (χ3n) is 1.60. The smallest absolute Gasteiger partial charge is 0.168 e. The Kier molecular flexibility index (Phi) is 6.24. The summed E-state index contributed by atoms with van der Waals surface area (Å²) in [5.74, 6) is 0. The van der Waals surface area contributed by atoms with E-state index in [0.717, 1.165) is 18.5 Å². The first kappa shape index (κ1) is 12.2. The number of allylic oxidation sites excluding steroid dienone is 3. The quantitative estimate of drug-likeness (QED) is 0.538. The lowest BCUT2D eigenvalue weighted by molar-refractivity contribution is 1.06. The molecular weight excluding hydrogens is 180 g/mol. The molecule has 0 heterocycles. The van der Waals surface area contributed by atoms with Crippen molar-refractivity contribution in [2.24, 2.45) is 5.73 Å². The SMILES string of the molecule is CC/C=C(C)\C(=C/CC)NC(N)=S. The first-order chi connectivity index (χ1) is 6.11. The van der Waals surface area contributed by atoms with Crippen LogP contribution in [0.25, 0.3) is 0 Å². The molecule has 0 rings (SSSR count). The van der Waals surface area contributed by atoms with Crippen molar-refractivity contribution in [1.29, 1.82) is 0 Å². The van der Waals surface area contributed by atoms with Gasteiger partial charge in [-0.15, -0.1) is 0 Å². The van der Waals surface area contributed by atoms with Crippen LogP contribution < -0.4 is 11.1 Å². The van der Waals surface area contributed by atoms with E-state index in [1.165, 1.54) is 5.57 Å². The van der Waals surface area contributed by atoms with E-state index < -0.39 is 0 Å². The predicted molar refractivity (Wildman–Crippen MR) is 62.3 cm³/mol. The minimum atomic E-state index is 0.323. The first-order valence-electron chi connectivity index (χ1n) is 4.55. The normalized spacial score (nSPS) is 12.8. The summed E-state index contributed by atoms with van der Waals surface area (Å²) < 4.78 is 0. The van der Waals surface area contributed by atoms with E-state index in [9.17, 15) is 0 Å². The van der Waals surface area contributed by atoms with E-state index in [1.54, 1.807) is 0 Å². The van der Waals surface area contributed by atoms with Crippen molar-refractivity contribution >= 4 is 17.3 Å². The van der Waals surface area contributed by atoms with Gasteiger partial charge in [0.15, 0.2) is 5.11 Å². The summed E-state index contributed by atoms with van der Waals surface area (Å²) in [6, 6.07) is 0. The molecule has 0 saturated carbocycles. The number of nitrogens with two attached hydrogens (primary N) is 1. The highest BCUT2D eigenvalue weighted by Crippen LogP contribution is 2.07. The lowest BCUT2D eigenvalue weighted by Gasteiger charge is -2.09. The third-order valence-corrected chi connectivity index (χ3v) is 1.70. The molecule has 0 aliphatic heterocycles. The molecule has 0 aromatic rings. The molecule has 0 amide bonds. The molecule has 0 aromatic carbocycles. The summed E-state index contributed by atoms with van der Waals surface area (Å²) in [5, 5.41) is 3.29. The van der Waals surface area contributed by atoms with Gasteiger partial charge in [-0.05, 0) is 37.6 Å². The predicted octanol–water partition coefficient (Wildman–Crippen LogP) is 2.47. The summed E-state index contributed by atoms with van der Waals surface area (Å²) >= 11 is 4.79. The monoisotopic (exact) mass is 198 g/mol. The summed E-state index contributed by atoms with van der Waals surface area (Å²) in [6.07, 6.45) is 6.22. The zero-order valence-electron chi connectivity index (χ0n) is 8.55. The Morgan fingerprint density at radius 3 is 2.23 bits per heavy atom. The maximum Gasteiger partial charge on any atom is 0.168 e. The molecule has 0 aliphatic rings. The van der Waals surface area contributed by atoms with Crippen LogP contribution in [-0.2, 0) is 0 Å². The van der Waals surface area contributed by atoms with E-state index in [4.69, 9.17) is 18.0 Å². The standard InChI is InChI=1S/C10H18N2S/c1-4-6-8(3)9(7-5-2)12-10(11)13/h6-7H,4-5H2,1-3H3,(H3,11,12,13)/b8-6-,9-7+. The molecule has 0 atom stereocenters. The number of hydrogen-bond acceptors (Lipinski definition) is 1. The van der Waals surface area contributed by atoms with Crippen molar-refractivity contribution in [3.05, 3.63) is 23.4 Å². The lowest BCUT2D eigenvalue weighted by atomic mass is 10.1. The van der Waals surface area contributed by atoms with Gasteiger partial charge in [-0.25, -0.2) is 0 Å². The number of rotatable bonds is 4. The van der Waals surface area contributed by atoms with Crippen molar-refractivity contribution in [3.63, 3.8) is 0 Å². The Labute approximate surface area is 85.9 Å². The van der Waals surface area contributed by atoms with E-state index in [-0.39, 0.29) is 0 Å². The molecule has 0 saturated heterocycles. The molecule has 2 nitrogen and oxygen atoms in total. The molecule has 0 spiro atoms. The number of hydrogen-bond donors (Lipinski definition) is 2. The van der Waals surface area contributed by atoms with Gasteiger partial charge in [-0.1, -0.05) is 26.0 Å². The molecule has 0 aliphatic carbocycles. The second-order valence-corrected chi connectivity index (χ2v) is 3.25. The van der Waals surface area contributed by atoms with Gasteiger partial charge in [0.1, 0.15) is 0 Å². The van der Waals surface area contributed by atoms with Gasteiger partial charge in [0.05, 0.1) is 0 Å². The summed E-state index contributed by atoms with van der Waals surface area (Å²) in [6.45, 7) is 6.24. The zero-order valence-corrected chi connectivity index (χ0v) is 9.37. The molecule has 13 heavy (non-hydrogen) atoms. The Hall–Kier alpha value is -0.830. The number of thiocarbonyl (C=S) groups is 1. The molecule has 0 aromatic heterocycles. The van der Waals surface area contributed by atoms with Crippen LogP contribution in [-0.4, -0.2) is 5.11 Å². The maximum atomic E-state index is 5.41. The van der Waals surface area contributed by atoms with Gasteiger partial charge < -0.3 is 11.1 Å². The van der Waals surface area contributed by atoms with Crippen molar-refractivity contribution in [2.45, 2.75) is 33.6 Å². The Morgan fingerprint density at radius 2 is 1.85 bits per heavy atom. The van der Waals surface area contributed by atoms with E-state index in [1.807, 2.05) is 0 Å². The van der Waals surface area contributed by atoms with Crippen LogP contribution >= 0.6 is 12.2 Å². The topological polar surface area (TPSA) is 38.0 Å². The Bertz CT molecular complexity index is 229. The van der Waals surface area contributed by atoms with Gasteiger partial charge in [0, 0.05) is 5.70 Å². The van der Waals surface area contributed by atoms with Gasteiger partial charge in [0.25, 0.3) is 0 Å². The van der Waals surface area contributed by atoms with Crippen LogP contribution in [0, 0.1) is 0 Å². The average molecular weight is 198 g/mol. The zero-order chi connectivity index (χ0) is 10.3. The highest BCUT2D eigenvalue weighted by Gasteiger charge is 1.98. The summed E-state index contributed by atoms with van der Waals surface area (Å²) in [4.78, 5) is 0. The fourth-order valence-electron chi connectivity index (χ4n) is 1.06. The molecule has 3 heteroatoms. The van der Waals surface area contributed by atoms with Crippen LogP contribution in [0.3, 0.4) is 0 Å². The summed E-state index contributed by atoms with van der Waals surface area (Å²) in [5.41, 5.74) is 7.63. The van der Waals surface area contributed by atoms with Crippen LogP contribution in [0.15, 0.2) is 23.4 Å². The molecule has 0 bridgehead atoms. The molecule has 74 valence electrons. The molecule has 0 fully saturated rings. The lowest BCUT2D eigenvalue weighted by Crippen LogP contribution is -2.28. The first-order valence-corrected chi connectivity index (χ1v) is 4.96. The van der Waals surface area contributed by atoms with Gasteiger partial charge in [-0.2, -0.15) is 0 Å². The van der Waals surface area contributed by atoms with E-state index in [2.05, 4.69) is 38.2 Å². The second-order valence-electron chi connectivity index (χ2n) is 2.81. The fraction of sp³-hybridized carbons (Fsp3) is 0.500. The van der Waals surface area contributed by atoms with Crippen LogP contribution in [0.1, 0.15) is 33.6 Å². The number of nitrogens with one attached hydrogen (secondary N) is 1. The Morgan fingerprint density at radius 1 is 1.31 bits per heavy atom. The minimum Gasteiger partial charge on any atom is -0.376 e. The molecule has 0 unspecified atom stereocenters. The molecule has 0 radical (unpaired) electrons. The van der Waals surface area contributed by atoms with Crippen LogP contribution in [0.2, 0.25) is 0 Å². The van der Waals surface area contributed by atoms with Crippen molar-refractivity contribution < 1.29 is 0 Å². The minimum absolute atomic E-state index is 0.323. The highest BCUT2D eigenvalue weighted by molar-refractivity contribution is 7.80. The van der Waals surface area contributed by atoms with Crippen LogP contribution in [0.5, 0.6) is 0 Å². The summed E-state index contributed by atoms with van der Waals surface area (Å²) in [7, 11) is 0. The fourth-order valence-corrected chi connectivity index (χ4v) is 1.17. The van der Waals surface area contributed by atoms with Crippen molar-refractivity contribution in [3.8, 4) is 0 Å². The maximum absolute atomic E-state index is 5.41.